The van der Waals surface area contributed by atoms with Crippen molar-refractivity contribution in [3.8, 4) is 11.5 Å². The predicted octanol–water partition coefficient (Wildman–Crippen LogP) is 3.87. The van der Waals surface area contributed by atoms with Crippen molar-refractivity contribution in [2.75, 3.05) is 20.8 Å². The van der Waals surface area contributed by atoms with Crippen LogP contribution in [0.2, 0.25) is 0 Å². The second-order valence-electron chi connectivity index (χ2n) is 8.26. The molecule has 1 heterocycles. The van der Waals surface area contributed by atoms with E-state index in [1.807, 2.05) is 19.1 Å². The first-order chi connectivity index (χ1) is 13.7. The maximum absolute atomic E-state index is 13.2. The summed E-state index contributed by atoms with van der Waals surface area (Å²) in [5.74, 6) is 0.277. The van der Waals surface area contributed by atoms with Crippen molar-refractivity contribution in [2.45, 2.75) is 46.5 Å². The molecule has 0 saturated heterocycles. The van der Waals surface area contributed by atoms with E-state index < -0.39 is 11.9 Å². The van der Waals surface area contributed by atoms with E-state index >= 15 is 0 Å². The van der Waals surface area contributed by atoms with Gasteiger partial charge in [0.1, 0.15) is 11.5 Å². The molecule has 1 aromatic carbocycles. The minimum Gasteiger partial charge on any atom is -0.497 e. The standard InChI is InChI=1S/C23H29NO5/c1-7-29-22(26)19-13(2)24-16-11-23(3,4)12-17(25)21(16)20(19)15-9-8-14(27-5)10-18(15)28-6/h8-10,20,24H,7,11-12H2,1-6H3. The summed E-state index contributed by atoms with van der Waals surface area (Å²) in [6, 6.07) is 5.44. The summed E-state index contributed by atoms with van der Waals surface area (Å²) in [6.07, 6.45) is 1.16. The number of rotatable bonds is 5. The number of methoxy groups -OCH3 is 2. The van der Waals surface area contributed by atoms with E-state index in [1.54, 1.807) is 27.2 Å². The number of ether oxygens (including phenoxy) is 3. The average molecular weight is 399 g/mol. The Morgan fingerprint density at radius 2 is 1.93 bits per heavy atom. The van der Waals surface area contributed by atoms with Gasteiger partial charge in [0.05, 0.1) is 32.3 Å². The molecule has 0 bridgehead atoms. The molecule has 1 unspecified atom stereocenters. The number of dihydropyridines is 1. The molecule has 0 amide bonds. The van der Waals surface area contributed by atoms with Gasteiger partial charge in [-0.1, -0.05) is 19.9 Å². The van der Waals surface area contributed by atoms with Crippen LogP contribution in [-0.4, -0.2) is 32.6 Å². The maximum atomic E-state index is 13.2. The third-order valence-electron chi connectivity index (χ3n) is 5.49. The number of carbonyl (C=O) groups excluding carboxylic acids is 2. The number of ketones is 1. The first-order valence-corrected chi connectivity index (χ1v) is 9.85. The quantitative estimate of drug-likeness (QED) is 0.758. The molecule has 29 heavy (non-hydrogen) atoms. The lowest BCUT2D eigenvalue weighted by Gasteiger charge is -2.39. The van der Waals surface area contributed by atoms with Crippen LogP contribution in [0.3, 0.4) is 0 Å². The van der Waals surface area contributed by atoms with Gasteiger partial charge in [0.25, 0.3) is 0 Å². The molecule has 0 spiro atoms. The Bertz CT molecular complexity index is 910. The van der Waals surface area contributed by atoms with Gasteiger partial charge in [-0.2, -0.15) is 0 Å². The van der Waals surface area contributed by atoms with Crippen LogP contribution in [0.15, 0.2) is 40.7 Å². The molecule has 1 aliphatic heterocycles. The highest BCUT2D eigenvalue weighted by Gasteiger charge is 2.44. The molecule has 0 fully saturated rings. The summed E-state index contributed by atoms with van der Waals surface area (Å²) in [6.45, 7) is 8.05. The van der Waals surface area contributed by atoms with Gasteiger partial charge in [0.15, 0.2) is 5.78 Å². The molecule has 1 aliphatic carbocycles. The first-order valence-electron chi connectivity index (χ1n) is 9.85. The van der Waals surface area contributed by atoms with E-state index in [-0.39, 0.29) is 17.8 Å². The number of nitrogens with one attached hydrogen (secondary N) is 1. The van der Waals surface area contributed by atoms with Crippen LogP contribution >= 0.6 is 0 Å². The number of carbonyl (C=O) groups is 2. The van der Waals surface area contributed by atoms with E-state index in [4.69, 9.17) is 14.2 Å². The minimum absolute atomic E-state index is 0.0425. The number of hydrogen-bond acceptors (Lipinski definition) is 6. The topological polar surface area (TPSA) is 73.9 Å². The van der Waals surface area contributed by atoms with E-state index in [2.05, 4.69) is 19.2 Å². The molecule has 156 valence electrons. The zero-order valence-electron chi connectivity index (χ0n) is 18.0. The number of esters is 1. The van der Waals surface area contributed by atoms with E-state index in [1.165, 1.54) is 0 Å². The molecule has 1 aromatic rings. The van der Waals surface area contributed by atoms with Crippen molar-refractivity contribution in [2.24, 2.45) is 5.41 Å². The fourth-order valence-corrected chi connectivity index (χ4v) is 4.28. The first kappa shape index (κ1) is 21.0. The normalized spacial score (nSPS) is 20.8. The second-order valence-corrected chi connectivity index (χ2v) is 8.26. The van der Waals surface area contributed by atoms with Crippen LogP contribution in [0.4, 0.5) is 0 Å². The summed E-state index contributed by atoms with van der Waals surface area (Å²) < 4.78 is 16.3. The highest BCUT2D eigenvalue weighted by Crippen LogP contribution is 2.49. The molecule has 3 rings (SSSR count). The Kier molecular flexibility index (Phi) is 5.73. The SMILES string of the molecule is CCOC(=O)C1=C(C)NC2=C(C(=O)CC(C)(C)C2)C1c1ccc(OC)cc1OC. The van der Waals surface area contributed by atoms with Crippen LogP contribution < -0.4 is 14.8 Å². The Balaban J connectivity index is 2.23. The Morgan fingerprint density at radius 3 is 2.55 bits per heavy atom. The molecule has 2 aliphatic rings. The van der Waals surface area contributed by atoms with Crippen molar-refractivity contribution in [1.82, 2.24) is 5.32 Å². The second kappa shape index (κ2) is 7.93. The molecule has 0 aromatic heterocycles. The highest BCUT2D eigenvalue weighted by molar-refractivity contribution is 6.04. The highest BCUT2D eigenvalue weighted by atomic mass is 16.5. The lowest BCUT2D eigenvalue weighted by Crippen LogP contribution is -2.38. The van der Waals surface area contributed by atoms with Gasteiger partial charge in [0, 0.05) is 35.0 Å². The van der Waals surface area contributed by atoms with Crippen LogP contribution in [0, 0.1) is 5.41 Å². The smallest absolute Gasteiger partial charge is 0.336 e. The molecule has 0 radical (unpaired) electrons. The summed E-state index contributed by atoms with van der Waals surface area (Å²) in [5.41, 5.74) is 3.26. The van der Waals surface area contributed by atoms with Gasteiger partial charge in [-0.3, -0.25) is 4.79 Å². The van der Waals surface area contributed by atoms with Crippen LogP contribution in [0.5, 0.6) is 11.5 Å². The molecular weight excluding hydrogens is 370 g/mol. The lowest BCUT2D eigenvalue weighted by molar-refractivity contribution is -0.138. The van der Waals surface area contributed by atoms with Crippen LogP contribution in [0.1, 0.15) is 52.0 Å². The number of allylic oxidation sites excluding steroid dienone is 3. The zero-order valence-corrected chi connectivity index (χ0v) is 18.0. The molecule has 0 saturated carbocycles. The summed E-state index contributed by atoms with van der Waals surface area (Å²) in [7, 11) is 3.15. The van der Waals surface area contributed by atoms with Gasteiger partial charge in [0.2, 0.25) is 0 Å². The van der Waals surface area contributed by atoms with Crippen LogP contribution in [-0.2, 0) is 14.3 Å². The lowest BCUT2D eigenvalue weighted by atomic mass is 9.68. The molecule has 1 N–H and O–H groups in total. The third-order valence-corrected chi connectivity index (χ3v) is 5.49. The third kappa shape index (κ3) is 3.88. The summed E-state index contributed by atoms with van der Waals surface area (Å²) in [4.78, 5) is 26.1. The minimum atomic E-state index is -0.547. The molecular formula is C23H29NO5. The fourth-order valence-electron chi connectivity index (χ4n) is 4.28. The molecule has 6 nitrogen and oxygen atoms in total. The maximum Gasteiger partial charge on any atom is 0.336 e. The largest absolute Gasteiger partial charge is 0.497 e. The van der Waals surface area contributed by atoms with E-state index in [9.17, 15) is 9.59 Å². The van der Waals surface area contributed by atoms with Crippen molar-refractivity contribution in [3.63, 3.8) is 0 Å². The Morgan fingerprint density at radius 1 is 1.21 bits per heavy atom. The fraction of sp³-hybridized carbons (Fsp3) is 0.478. The van der Waals surface area contributed by atoms with E-state index in [0.717, 1.165) is 17.7 Å². The van der Waals surface area contributed by atoms with Crippen molar-refractivity contribution in [1.29, 1.82) is 0 Å². The van der Waals surface area contributed by atoms with Crippen molar-refractivity contribution < 1.29 is 23.8 Å². The molecule has 6 heteroatoms. The zero-order chi connectivity index (χ0) is 21.3. The van der Waals surface area contributed by atoms with Gasteiger partial charge in [-0.05, 0) is 31.7 Å². The van der Waals surface area contributed by atoms with Crippen LogP contribution in [0.25, 0.3) is 0 Å². The Hall–Kier alpha value is -2.76. The Labute approximate surface area is 171 Å². The number of hydrogen-bond donors (Lipinski definition) is 1. The van der Waals surface area contributed by atoms with Gasteiger partial charge >= 0.3 is 5.97 Å². The summed E-state index contributed by atoms with van der Waals surface area (Å²) in [5, 5.41) is 3.33. The number of Topliss-reactive ketones (excluding diaryl/α,β-unsaturated/α-hetero) is 1. The van der Waals surface area contributed by atoms with E-state index in [0.29, 0.717) is 34.8 Å². The number of benzene rings is 1. The van der Waals surface area contributed by atoms with Crippen molar-refractivity contribution in [3.05, 3.63) is 46.3 Å². The molecule has 1 atom stereocenters. The van der Waals surface area contributed by atoms with Gasteiger partial charge < -0.3 is 19.5 Å². The summed E-state index contributed by atoms with van der Waals surface area (Å²) >= 11 is 0. The van der Waals surface area contributed by atoms with Gasteiger partial charge in [-0.15, -0.1) is 0 Å². The van der Waals surface area contributed by atoms with Gasteiger partial charge in [-0.25, -0.2) is 4.79 Å². The van der Waals surface area contributed by atoms with Crippen molar-refractivity contribution >= 4 is 11.8 Å². The average Bonchev–Trinajstić information content (AvgIpc) is 2.65. The monoisotopic (exact) mass is 399 g/mol. The predicted molar refractivity (Wildman–Crippen MR) is 110 cm³/mol.